The molecule has 1 aromatic heterocycles. The zero-order valence-corrected chi connectivity index (χ0v) is 16.9. The Morgan fingerprint density at radius 1 is 0.833 bits per heavy atom. The predicted octanol–water partition coefficient (Wildman–Crippen LogP) is 5.93. The Labute approximate surface area is 179 Å². The number of rotatable bonds is 5. The molecule has 0 saturated heterocycles. The maximum atomic E-state index is 9.59. The smallest absolute Gasteiger partial charge is 0.250 e. The number of phenols is 1. The summed E-state index contributed by atoms with van der Waals surface area (Å²) < 4.78 is 5.24. The van der Waals surface area contributed by atoms with Crippen LogP contribution in [0, 0.1) is 0 Å². The molecule has 0 aliphatic heterocycles. The molecule has 4 aromatic rings. The van der Waals surface area contributed by atoms with Crippen molar-refractivity contribution >= 4 is 23.8 Å². The first kappa shape index (κ1) is 19.6. The molecule has 0 bridgehead atoms. The van der Waals surface area contributed by atoms with Crippen molar-refractivity contribution in [3.8, 4) is 34.0 Å². The molecule has 0 unspecified atom stereocenters. The molecule has 0 fully saturated rings. The maximum Gasteiger partial charge on any atom is 0.250 e. The van der Waals surface area contributed by atoms with Crippen molar-refractivity contribution in [2.75, 3.05) is 7.11 Å². The van der Waals surface area contributed by atoms with Crippen LogP contribution in [0.3, 0.4) is 0 Å². The lowest BCUT2D eigenvalue weighted by Gasteiger charge is -2.08. The molecule has 4 rings (SSSR count). The van der Waals surface area contributed by atoms with Crippen LogP contribution in [0.15, 0.2) is 83.9 Å². The van der Waals surface area contributed by atoms with E-state index in [-0.39, 0.29) is 5.75 Å². The van der Waals surface area contributed by atoms with E-state index in [4.69, 9.17) is 16.3 Å². The van der Waals surface area contributed by atoms with Crippen LogP contribution in [0.2, 0.25) is 5.02 Å². The van der Waals surface area contributed by atoms with E-state index >= 15 is 0 Å². The molecule has 6 heteroatoms. The summed E-state index contributed by atoms with van der Waals surface area (Å²) >= 11 is 5.94. The monoisotopic (exact) mass is 415 g/mol. The Kier molecular flexibility index (Phi) is 5.72. The second kappa shape index (κ2) is 8.76. The summed E-state index contributed by atoms with van der Waals surface area (Å²) in [7, 11) is 1.63. The minimum atomic E-state index is 0.198. The molecule has 1 heterocycles. The Morgan fingerprint density at radius 2 is 1.40 bits per heavy atom. The van der Waals surface area contributed by atoms with E-state index in [0.717, 1.165) is 28.1 Å². The number of ether oxygens (including phenoxy) is 1. The van der Waals surface area contributed by atoms with Gasteiger partial charge in [0.05, 0.1) is 18.5 Å². The van der Waals surface area contributed by atoms with Crippen LogP contribution >= 0.6 is 11.6 Å². The average Bonchev–Trinajstić information content (AvgIpc) is 2.79. The Morgan fingerprint density at radius 3 is 1.97 bits per heavy atom. The van der Waals surface area contributed by atoms with Gasteiger partial charge >= 0.3 is 0 Å². The Bertz CT molecular complexity index is 1170. The highest BCUT2D eigenvalue weighted by molar-refractivity contribution is 6.30. The minimum absolute atomic E-state index is 0.198. The number of aromatic hydroxyl groups is 1. The molecule has 0 atom stereocenters. The van der Waals surface area contributed by atoms with Crippen molar-refractivity contribution in [3.05, 3.63) is 89.4 Å². The lowest BCUT2D eigenvalue weighted by Crippen LogP contribution is -1.92. The van der Waals surface area contributed by atoms with Gasteiger partial charge in [0.15, 0.2) is 0 Å². The molecule has 0 aliphatic carbocycles. The molecule has 0 amide bonds. The first-order valence-corrected chi connectivity index (χ1v) is 9.61. The van der Waals surface area contributed by atoms with Crippen LogP contribution in [0.4, 0.5) is 5.95 Å². The third-order valence-corrected chi connectivity index (χ3v) is 4.71. The van der Waals surface area contributed by atoms with Gasteiger partial charge in [0, 0.05) is 22.4 Å². The second-order valence-electron chi connectivity index (χ2n) is 6.52. The number of phenolic OH excluding ortho intramolecular Hbond substituents is 1. The van der Waals surface area contributed by atoms with Gasteiger partial charge in [-0.15, -0.1) is 0 Å². The highest BCUT2D eigenvalue weighted by atomic mass is 35.5. The van der Waals surface area contributed by atoms with E-state index in [1.54, 1.807) is 37.6 Å². The summed E-state index contributed by atoms with van der Waals surface area (Å²) in [5.74, 6) is 1.30. The van der Waals surface area contributed by atoms with Gasteiger partial charge in [-0.1, -0.05) is 23.7 Å². The lowest BCUT2D eigenvalue weighted by molar-refractivity contribution is 0.415. The maximum absolute atomic E-state index is 9.59. The van der Waals surface area contributed by atoms with Crippen LogP contribution in [-0.2, 0) is 0 Å². The second-order valence-corrected chi connectivity index (χ2v) is 6.96. The van der Waals surface area contributed by atoms with E-state index in [0.29, 0.717) is 16.7 Å². The van der Waals surface area contributed by atoms with Crippen molar-refractivity contribution in [2.45, 2.75) is 0 Å². The van der Waals surface area contributed by atoms with E-state index in [1.807, 2.05) is 54.6 Å². The van der Waals surface area contributed by atoms with Crippen molar-refractivity contribution < 1.29 is 9.84 Å². The molecule has 0 spiro atoms. The van der Waals surface area contributed by atoms with Gasteiger partial charge in [-0.2, -0.15) is 0 Å². The van der Waals surface area contributed by atoms with Crippen LogP contribution in [0.5, 0.6) is 11.5 Å². The van der Waals surface area contributed by atoms with Crippen molar-refractivity contribution in [1.29, 1.82) is 0 Å². The molecular formula is C24H18ClN3O2. The summed E-state index contributed by atoms with van der Waals surface area (Å²) in [6, 6.07) is 23.8. The van der Waals surface area contributed by atoms with Crippen LogP contribution in [0.1, 0.15) is 5.56 Å². The predicted molar refractivity (Wildman–Crippen MR) is 120 cm³/mol. The third-order valence-electron chi connectivity index (χ3n) is 4.46. The molecule has 3 aromatic carbocycles. The topological polar surface area (TPSA) is 67.6 Å². The highest BCUT2D eigenvalue weighted by Crippen LogP contribution is 2.28. The third kappa shape index (κ3) is 4.64. The van der Waals surface area contributed by atoms with Crippen molar-refractivity contribution in [1.82, 2.24) is 9.97 Å². The van der Waals surface area contributed by atoms with Gasteiger partial charge in [-0.05, 0) is 72.3 Å². The summed E-state index contributed by atoms with van der Waals surface area (Å²) in [5.41, 5.74) is 4.11. The fourth-order valence-electron chi connectivity index (χ4n) is 2.86. The molecule has 1 N–H and O–H groups in total. The lowest BCUT2D eigenvalue weighted by atomic mass is 10.1. The van der Waals surface area contributed by atoms with E-state index < -0.39 is 0 Å². The van der Waals surface area contributed by atoms with Crippen LogP contribution < -0.4 is 4.74 Å². The highest BCUT2D eigenvalue weighted by Gasteiger charge is 2.09. The standard InChI is InChI=1S/C24H18ClN3O2/c1-30-21-12-6-18(7-13-21)23-14-22(17-4-10-20(29)11-5-17)27-24(28-23)26-15-16-2-8-19(25)9-3-16/h2-15,29H,1H3/b26-15+. The average molecular weight is 416 g/mol. The van der Waals surface area contributed by atoms with Gasteiger partial charge in [0.2, 0.25) is 5.95 Å². The molecule has 30 heavy (non-hydrogen) atoms. The zero-order chi connectivity index (χ0) is 20.9. The van der Waals surface area contributed by atoms with Gasteiger partial charge < -0.3 is 9.84 Å². The summed E-state index contributed by atoms with van der Waals surface area (Å²) in [5, 5.41) is 10.3. The molecule has 0 aliphatic rings. The van der Waals surface area contributed by atoms with Crippen LogP contribution in [-0.4, -0.2) is 28.4 Å². The van der Waals surface area contributed by atoms with Crippen LogP contribution in [0.25, 0.3) is 22.5 Å². The van der Waals surface area contributed by atoms with Gasteiger partial charge in [-0.25, -0.2) is 15.0 Å². The fraction of sp³-hybridized carbons (Fsp3) is 0.0417. The quantitative estimate of drug-likeness (QED) is 0.410. The SMILES string of the molecule is COc1ccc(-c2cc(-c3ccc(O)cc3)nc(/N=C/c3ccc(Cl)cc3)n2)cc1. The minimum Gasteiger partial charge on any atom is -0.508 e. The molecule has 148 valence electrons. The normalized spacial score (nSPS) is 11.0. The molecule has 0 radical (unpaired) electrons. The summed E-state index contributed by atoms with van der Waals surface area (Å²) in [6.45, 7) is 0. The number of hydrogen-bond acceptors (Lipinski definition) is 5. The number of hydrogen-bond donors (Lipinski definition) is 1. The largest absolute Gasteiger partial charge is 0.508 e. The number of benzene rings is 3. The Hall–Kier alpha value is -3.70. The number of aliphatic imine (C=N–C) groups is 1. The molecule has 0 saturated carbocycles. The van der Waals surface area contributed by atoms with Gasteiger partial charge in [0.1, 0.15) is 11.5 Å². The molecule has 5 nitrogen and oxygen atoms in total. The number of halogens is 1. The van der Waals surface area contributed by atoms with Gasteiger partial charge in [0.25, 0.3) is 0 Å². The first-order chi connectivity index (χ1) is 14.6. The zero-order valence-electron chi connectivity index (χ0n) is 16.2. The van der Waals surface area contributed by atoms with E-state index in [1.165, 1.54) is 0 Å². The number of nitrogens with zero attached hydrogens (tertiary/aromatic N) is 3. The first-order valence-electron chi connectivity index (χ1n) is 9.23. The van der Waals surface area contributed by atoms with E-state index in [9.17, 15) is 5.11 Å². The number of aromatic nitrogens is 2. The molecular weight excluding hydrogens is 398 g/mol. The van der Waals surface area contributed by atoms with Crippen molar-refractivity contribution in [2.24, 2.45) is 4.99 Å². The van der Waals surface area contributed by atoms with Crippen molar-refractivity contribution in [3.63, 3.8) is 0 Å². The van der Waals surface area contributed by atoms with E-state index in [2.05, 4.69) is 15.0 Å². The Balaban J connectivity index is 1.76. The number of methoxy groups -OCH3 is 1. The summed E-state index contributed by atoms with van der Waals surface area (Å²) in [6.07, 6.45) is 1.70. The summed E-state index contributed by atoms with van der Waals surface area (Å²) in [4.78, 5) is 13.7. The van der Waals surface area contributed by atoms with Gasteiger partial charge in [-0.3, -0.25) is 0 Å². The fourth-order valence-corrected chi connectivity index (χ4v) is 2.99.